The van der Waals surface area contributed by atoms with Crippen LogP contribution in [0.25, 0.3) is 0 Å². The molecule has 0 atom stereocenters. The Bertz CT molecular complexity index is 312. The second kappa shape index (κ2) is 4.33. The molecule has 1 aromatic carbocycles. The first-order chi connectivity index (χ1) is 6.90. The van der Waals surface area contributed by atoms with Gasteiger partial charge in [-0.3, -0.25) is 0 Å². The molecular formula is C11H16N2O. The maximum atomic E-state index is 5.55. The number of hydrogen-bond acceptors (Lipinski definition) is 3. The van der Waals surface area contributed by atoms with Crippen LogP contribution in [-0.4, -0.2) is 19.7 Å². The van der Waals surface area contributed by atoms with Crippen molar-refractivity contribution in [2.75, 3.05) is 25.0 Å². The van der Waals surface area contributed by atoms with Crippen molar-refractivity contribution in [2.24, 2.45) is 5.73 Å². The van der Waals surface area contributed by atoms with Gasteiger partial charge in [0.2, 0.25) is 0 Å². The van der Waals surface area contributed by atoms with E-state index in [0.29, 0.717) is 13.2 Å². The van der Waals surface area contributed by atoms with Gasteiger partial charge in [-0.05, 0) is 31.0 Å². The zero-order valence-electron chi connectivity index (χ0n) is 8.25. The Morgan fingerprint density at radius 1 is 1.43 bits per heavy atom. The monoisotopic (exact) mass is 192 g/mol. The molecule has 3 nitrogen and oxygen atoms in total. The summed E-state index contributed by atoms with van der Waals surface area (Å²) >= 11 is 0. The summed E-state index contributed by atoms with van der Waals surface area (Å²) in [5.41, 5.74) is 7.99. The lowest BCUT2D eigenvalue weighted by Crippen LogP contribution is -2.06. The quantitative estimate of drug-likeness (QED) is 0.708. The van der Waals surface area contributed by atoms with E-state index in [1.807, 2.05) is 6.07 Å². The highest BCUT2D eigenvalue weighted by Gasteiger charge is 2.09. The Kier molecular flexibility index (Phi) is 2.89. The SMILES string of the molecule is NCCCOc1ccc2c(c1)NCC2. The van der Waals surface area contributed by atoms with Crippen molar-refractivity contribution >= 4 is 5.69 Å². The van der Waals surface area contributed by atoms with Crippen molar-refractivity contribution in [3.05, 3.63) is 23.8 Å². The Morgan fingerprint density at radius 2 is 2.36 bits per heavy atom. The van der Waals surface area contributed by atoms with Crippen LogP contribution < -0.4 is 15.8 Å². The number of fused-ring (bicyclic) bond motifs is 1. The minimum Gasteiger partial charge on any atom is -0.493 e. The Balaban J connectivity index is 1.98. The summed E-state index contributed by atoms with van der Waals surface area (Å²) < 4.78 is 5.55. The van der Waals surface area contributed by atoms with E-state index < -0.39 is 0 Å². The minimum atomic E-state index is 0.684. The molecule has 1 aliphatic heterocycles. The second-order valence-corrected chi connectivity index (χ2v) is 3.49. The number of rotatable bonds is 4. The molecule has 0 fully saturated rings. The smallest absolute Gasteiger partial charge is 0.121 e. The third-order valence-corrected chi connectivity index (χ3v) is 2.41. The third kappa shape index (κ3) is 1.99. The fourth-order valence-electron chi connectivity index (χ4n) is 1.63. The van der Waals surface area contributed by atoms with E-state index in [9.17, 15) is 0 Å². The van der Waals surface area contributed by atoms with Gasteiger partial charge >= 0.3 is 0 Å². The summed E-state index contributed by atoms with van der Waals surface area (Å²) in [6.45, 7) is 2.43. The lowest BCUT2D eigenvalue weighted by Gasteiger charge is -2.07. The van der Waals surface area contributed by atoms with E-state index in [4.69, 9.17) is 10.5 Å². The van der Waals surface area contributed by atoms with E-state index in [-0.39, 0.29) is 0 Å². The average Bonchev–Trinajstić information content (AvgIpc) is 2.65. The van der Waals surface area contributed by atoms with E-state index in [1.54, 1.807) is 0 Å². The van der Waals surface area contributed by atoms with Crippen molar-refractivity contribution in [3.63, 3.8) is 0 Å². The summed E-state index contributed by atoms with van der Waals surface area (Å²) in [7, 11) is 0. The molecule has 3 heteroatoms. The van der Waals surface area contributed by atoms with Crippen LogP contribution in [-0.2, 0) is 6.42 Å². The Hall–Kier alpha value is -1.22. The van der Waals surface area contributed by atoms with Gasteiger partial charge < -0.3 is 15.8 Å². The molecule has 0 bridgehead atoms. The molecule has 0 saturated carbocycles. The van der Waals surface area contributed by atoms with Gasteiger partial charge in [-0.2, -0.15) is 0 Å². The molecule has 14 heavy (non-hydrogen) atoms. The molecule has 0 unspecified atom stereocenters. The molecule has 3 N–H and O–H groups in total. The van der Waals surface area contributed by atoms with Crippen LogP contribution in [0, 0.1) is 0 Å². The van der Waals surface area contributed by atoms with Crippen LogP contribution in [0.4, 0.5) is 5.69 Å². The molecule has 0 spiro atoms. The average molecular weight is 192 g/mol. The van der Waals surface area contributed by atoms with Gasteiger partial charge in [-0.25, -0.2) is 0 Å². The van der Waals surface area contributed by atoms with Crippen molar-refractivity contribution < 1.29 is 4.74 Å². The standard InChI is InChI=1S/C11H16N2O/c12-5-1-7-14-10-3-2-9-4-6-13-11(9)8-10/h2-3,8,13H,1,4-7,12H2. The Morgan fingerprint density at radius 3 is 3.21 bits per heavy atom. The first kappa shape index (κ1) is 9.34. The van der Waals surface area contributed by atoms with E-state index in [2.05, 4.69) is 17.4 Å². The summed E-state index contributed by atoms with van der Waals surface area (Å²) in [4.78, 5) is 0. The zero-order valence-corrected chi connectivity index (χ0v) is 8.25. The maximum absolute atomic E-state index is 5.55. The largest absolute Gasteiger partial charge is 0.493 e. The molecule has 0 aliphatic carbocycles. The molecule has 0 radical (unpaired) electrons. The Labute approximate surface area is 84.3 Å². The first-order valence-corrected chi connectivity index (χ1v) is 5.10. The summed E-state index contributed by atoms with van der Waals surface area (Å²) in [6, 6.07) is 6.23. The number of benzene rings is 1. The molecular weight excluding hydrogens is 176 g/mol. The highest BCUT2D eigenvalue weighted by molar-refractivity contribution is 5.58. The van der Waals surface area contributed by atoms with Gasteiger partial charge in [-0.1, -0.05) is 6.07 Å². The van der Waals surface area contributed by atoms with Crippen LogP contribution in [0.5, 0.6) is 5.75 Å². The summed E-state index contributed by atoms with van der Waals surface area (Å²) in [6.07, 6.45) is 2.03. The predicted octanol–water partition coefficient (Wildman–Crippen LogP) is 1.38. The van der Waals surface area contributed by atoms with Crippen LogP contribution >= 0.6 is 0 Å². The number of nitrogens with two attached hydrogens (primary N) is 1. The summed E-state index contributed by atoms with van der Waals surface area (Å²) in [5.74, 6) is 0.937. The first-order valence-electron chi connectivity index (χ1n) is 5.10. The molecule has 1 aromatic rings. The van der Waals surface area contributed by atoms with Crippen molar-refractivity contribution in [1.29, 1.82) is 0 Å². The predicted molar refractivity (Wildman–Crippen MR) is 57.8 cm³/mol. The van der Waals surface area contributed by atoms with Crippen LogP contribution in [0.3, 0.4) is 0 Å². The lowest BCUT2D eigenvalue weighted by molar-refractivity contribution is 0.313. The molecule has 1 heterocycles. The molecule has 1 aliphatic rings. The minimum absolute atomic E-state index is 0.684. The number of anilines is 1. The molecule has 2 rings (SSSR count). The number of nitrogens with one attached hydrogen (secondary N) is 1. The van der Waals surface area contributed by atoms with Gasteiger partial charge in [0, 0.05) is 18.3 Å². The highest BCUT2D eigenvalue weighted by atomic mass is 16.5. The molecule has 76 valence electrons. The van der Waals surface area contributed by atoms with Crippen molar-refractivity contribution in [2.45, 2.75) is 12.8 Å². The molecule has 0 saturated heterocycles. The van der Waals surface area contributed by atoms with E-state index in [1.165, 1.54) is 11.3 Å². The van der Waals surface area contributed by atoms with Gasteiger partial charge in [0.15, 0.2) is 0 Å². The van der Waals surface area contributed by atoms with Crippen LogP contribution in [0.15, 0.2) is 18.2 Å². The van der Waals surface area contributed by atoms with Crippen molar-refractivity contribution in [1.82, 2.24) is 0 Å². The molecule has 0 amide bonds. The van der Waals surface area contributed by atoms with Gasteiger partial charge in [0.1, 0.15) is 5.75 Å². The van der Waals surface area contributed by atoms with E-state index >= 15 is 0 Å². The summed E-state index contributed by atoms with van der Waals surface area (Å²) in [5, 5.41) is 3.33. The fourth-order valence-corrected chi connectivity index (χ4v) is 1.63. The topological polar surface area (TPSA) is 47.3 Å². The van der Waals surface area contributed by atoms with Crippen LogP contribution in [0.2, 0.25) is 0 Å². The third-order valence-electron chi connectivity index (χ3n) is 2.41. The normalized spacial score (nSPS) is 13.5. The number of hydrogen-bond donors (Lipinski definition) is 2. The van der Waals surface area contributed by atoms with Gasteiger partial charge in [0.25, 0.3) is 0 Å². The van der Waals surface area contributed by atoms with Crippen LogP contribution in [0.1, 0.15) is 12.0 Å². The lowest BCUT2D eigenvalue weighted by atomic mass is 10.1. The van der Waals surface area contributed by atoms with Crippen molar-refractivity contribution in [3.8, 4) is 5.75 Å². The second-order valence-electron chi connectivity index (χ2n) is 3.49. The van der Waals surface area contributed by atoms with E-state index in [0.717, 1.165) is 25.1 Å². The maximum Gasteiger partial charge on any atom is 0.121 e. The highest BCUT2D eigenvalue weighted by Crippen LogP contribution is 2.26. The fraction of sp³-hybridized carbons (Fsp3) is 0.455. The zero-order chi connectivity index (χ0) is 9.80. The number of ether oxygens (including phenoxy) is 1. The molecule has 0 aromatic heterocycles. The van der Waals surface area contributed by atoms with Gasteiger partial charge in [-0.15, -0.1) is 0 Å². The van der Waals surface area contributed by atoms with Gasteiger partial charge in [0.05, 0.1) is 6.61 Å².